The summed E-state index contributed by atoms with van der Waals surface area (Å²) in [5.74, 6) is -1.13. The number of nitrogens with zero attached hydrogens (tertiary/aromatic N) is 2. The second-order valence-electron chi connectivity index (χ2n) is 11.9. The largest absolute Gasteiger partial charge is 0.463 e. The number of alkyl halides is 1. The number of likely N-dealkylation sites (tertiary alicyclic amines) is 1. The molecule has 1 saturated heterocycles. The molecule has 4 aromatic carbocycles. The predicted molar refractivity (Wildman–Crippen MR) is 192 cm³/mol. The number of amides is 2. The molecule has 0 aliphatic carbocycles. The molecule has 52 heavy (non-hydrogen) atoms. The topological polar surface area (TPSA) is 146 Å². The standard InChI is InChI=1S/C30H29F2N3O6S.C8H8O2/c1-33-29(37)27-24-15-23(19-4-3-5-20(14-19)30(38)34-12-10-22(36)17-34)25(35(13-11-31)42(2,39)40)16-26(24)41-28(27)18-6-8-21(32)9-7-18;9-7-10-6-8-4-2-1-3-5-8/h3-9,14-16,22,36H,10-13,17H2,1-2H3,(H,33,37);1-5,7H,6H2. The predicted octanol–water partition coefficient (Wildman–Crippen LogP) is 5.57. The Hall–Kier alpha value is -5.60. The summed E-state index contributed by atoms with van der Waals surface area (Å²) in [5.41, 5.74) is 2.88. The number of ether oxygens (including phenoxy) is 1. The molecule has 1 aliphatic rings. The molecule has 2 heterocycles. The van der Waals surface area contributed by atoms with E-state index >= 15 is 0 Å². The molecule has 1 aromatic heterocycles. The molecule has 6 rings (SSSR count). The highest BCUT2D eigenvalue weighted by Crippen LogP contribution is 2.42. The highest BCUT2D eigenvalue weighted by molar-refractivity contribution is 7.92. The minimum Gasteiger partial charge on any atom is -0.463 e. The van der Waals surface area contributed by atoms with E-state index in [1.54, 1.807) is 30.3 Å². The van der Waals surface area contributed by atoms with Crippen molar-refractivity contribution in [2.75, 3.05) is 43.9 Å². The van der Waals surface area contributed by atoms with E-state index in [9.17, 15) is 36.7 Å². The lowest BCUT2D eigenvalue weighted by atomic mass is 9.97. The molecule has 0 saturated carbocycles. The number of fused-ring (bicyclic) bond motifs is 1. The fourth-order valence-electron chi connectivity index (χ4n) is 5.90. The van der Waals surface area contributed by atoms with E-state index in [-0.39, 0.29) is 35.0 Å². The Morgan fingerprint density at radius 2 is 1.77 bits per heavy atom. The highest BCUT2D eigenvalue weighted by atomic mass is 32.2. The minimum atomic E-state index is -3.98. The fraction of sp³-hybridized carbons (Fsp3) is 0.237. The number of aliphatic hydroxyl groups excluding tert-OH is 1. The van der Waals surface area contributed by atoms with Crippen LogP contribution in [0.1, 0.15) is 32.7 Å². The van der Waals surface area contributed by atoms with Gasteiger partial charge in [0.25, 0.3) is 18.3 Å². The highest BCUT2D eigenvalue weighted by Gasteiger charge is 2.29. The number of benzene rings is 4. The van der Waals surface area contributed by atoms with Crippen LogP contribution in [0.5, 0.6) is 0 Å². The van der Waals surface area contributed by atoms with E-state index in [1.807, 2.05) is 30.3 Å². The zero-order valence-corrected chi connectivity index (χ0v) is 29.2. The molecular formula is C38H37F2N3O8S. The van der Waals surface area contributed by atoms with Crippen molar-refractivity contribution in [3.63, 3.8) is 0 Å². The van der Waals surface area contributed by atoms with Crippen molar-refractivity contribution >= 4 is 45.0 Å². The Morgan fingerprint density at radius 3 is 2.38 bits per heavy atom. The second kappa shape index (κ2) is 16.6. The molecule has 272 valence electrons. The van der Waals surface area contributed by atoms with Gasteiger partial charge >= 0.3 is 0 Å². The Kier molecular flexibility index (Phi) is 12.0. The number of rotatable bonds is 11. The number of furan rings is 1. The Labute approximate surface area is 299 Å². The van der Waals surface area contributed by atoms with Crippen LogP contribution < -0.4 is 9.62 Å². The van der Waals surface area contributed by atoms with Gasteiger partial charge in [-0.1, -0.05) is 42.5 Å². The third kappa shape index (κ3) is 8.64. The van der Waals surface area contributed by atoms with Crippen LogP contribution in [0, 0.1) is 5.82 Å². The molecule has 14 heteroatoms. The third-order valence-electron chi connectivity index (χ3n) is 8.36. The summed E-state index contributed by atoms with van der Waals surface area (Å²) >= 11 is 0. The number of nitrogens with one attached hydrogen (secondary N) is 1. The van der Waals surface area contributed by atoms with E-state index in [4.69, 9.17) is 4.42 Å². The SMILES string of the molecule is CNC(=O)c1c(-c2ccc(F)cc2)oc2cc(N(CCF)S(C)(=O)=O)c(-c3cccc(C(=O)N4CCC(O)C4)c3)cc12.O=COCc1ccccc1. The van der Waals surface area contributed by atoms with Gasteiger partial charge < -0.3 is 24.5 Å². The second-order valence-corrected chi connectivity index (χ2v) is 13.9. The molecule has 1 atom stereocenters. The van der Waals surface area contributed by atoms with Crippen molar-refractivity contribution < 1.29 is 45.8 Å². The summed E-state index contributed by atoms with van der Waals surface area (Å²) < 4.78 is 64.6. The summed E-state index contributed by atoms with van der Waals surface area (Å²) in [5, 5.41) is 12.8. The summed E-state index contributed by atoms with van der Waals surface area (Å²) in [7, 11) is -2.53. The zero-order valence-electron chi connectivity index (χ0n) is 28.4. The van der Waals surface area contributed by atoms with Gasteiger partial charge in [-0.25, -0.2) is 17.2 Å². The van der Waals surface area contributed by atoms with Crippen LogP contribution in [0.3, 0.4) is 0 Å². The van der Waals surface area contributed by atoms with Crippen LogP contribution in [0.2, 0.25) is 0 Å². The van der Waals surface area contributed by atoms with Gasteiger partial charge in [-0.2, -0.15) is 0 Å². The smallest absolute Gasteiger partial charge is 0.293 e. The first-order valence-corrected chi connectivity index (χ1v) is 18.1. The van der Waals surface area contributed by atoms with Gasteiger partial charge in [0.15, 0.2) is 0 Å². The maximum absolute atomic E-state index is 13.7. The molecule has 2 N–H and O–H groups in total. The van der Waals surface area contributed by atoms with Gasteiger partial charge in [0, 0.05) is 48.3 Å². The molecule has 1 unspecified atom stereocenters. The fourth-order valence-corrected chi connectivity index (χ4v) is 6.81. The number of anilines is 1. The van der Waals surface area contributed by atoms with Gasteiger partial charge in [-0.15, -0.1) is 0 Å². The van der Waals surface area contributed by atoms with E-state index < -0.39 is 41.1 Å². The van der Waals surface area contributed by atoms with Gasteiger partial charge in [-0.3, -0.25) is 18.7 Å². The Balaban J connectivity index is 0.000000452. The molecule has 2 amide bonds. The lowest BCUT2D eigenvalue weighted by Crippen LogP contribution is -2.32. The summed E-state index contributed by atoms with van der Waals surface area (Å²) in [6, 6.07) is 24.4. The lowest BCUT2D eigenvalue weighted by molar-refractivity contribution is -0.129. The first-order chi connectivity index (χ1) is 24.9. The van der Waals surface area contributed by atoms with Crippen molar-refractivity contribution in [2.45, 2.75) is 19.1 Å². The van der Waals surface area contributed by atoms with Gasteiger partial charge in [0.1, 0.15) is 30.4 Å². The molecule has 5 aromatic rings. The quantitative estimate of drug-likeness (QED) is 0.168. The molecule has 0 spiro atoms. The first-order valence-electron chi connectivity index (χ1n) is 16.2. The van der Waals surface area contributed by atoms with E-state index in [1.165, 1.54) is 42.3 Å². The zero-order chi connectivity index (χ0) is 37.4. The maximum Gasteiger partial charge on any atom is 0.293 e. The van der Waals surface area contributed by atoms with Gasteiger partial charge in [-0.05, 0) is 60.0 Å². The molecule has 11 nitrogen and oxygen atoms in total. The molecule has 0 bridgehead atoms. The van der Waals surface area contributed by atoms with Crippen LogP contribution >= 0.6 is 0 Å². The van der Waals surface area contributed by atoms with Crippen LogP contribution in [0.4, 0.5) is 14.5 Å². The number of hydrogen-bond donors (Lipinski definition) is 2. The third-order valence-corrected chi connectivity index (χ3v) is 9.54. The lowest BCUT2D eigenvalue weighted by Gasteiger charge is -2.24. The van der Waals surface area contributed by atoms with Crippen molar-refractivity contribution in [2.24, 2.45) is 0 Å². The van der Waals surface area contributed by atoms with Crippen molar-refractivity contribution in [3.05, 3.63) is 114 Å². The summed E-state index contributed by atoms with van der Waals surface area (Å²) in [6.07, 6.45) is 0.824. The maximum atomic E-state index is 13.7. The van der Waals surface area contributed by atoms with Gasteiger partial charge in [0.2, 0.25) is 10.0 Å². The molecular weight excluding hydrogens is 696 g/mol. The Morgan fingerprint density at radius 1 is 1.04 bits per heavy atom. The number of halogens is 2. The van der Waals surface area contributed by atoms with Crippen molar-refractivity contribution in [1.82, 2.24) is 10.2 Å². The van der Waals surface area contributed by atoms with Crippen LogP contribution in [-0.2, 0) is 26.2 Å². The van der Waals surface area contributed by atoms with Crippen molar-refractivity contribution in [3.8, 4) is 22.5 Å². The number of β-amino-alcohol motifs (C(OH)–C–C–N with tert-alkyl or cyclic N) is 1. The summed E-state index contributed by atoms with van der Waals surface area (Å²) in [6.45, 7) is -0.0264. The number of hydrogen-bond acceptors (Lipinski definition) is 8. The van der Waals surface area contributed by atoms with E-state index in [2.05, 4.69) is 10.1 Å². The molecule has 0 radical (unpaired) electrons. The minimum absolute atomic E-state index is 0.0895. The molecule has 1 aliphatic heterocycles. The Bertz CT molecular complexity index is 2160. The average molecular weight is 734 g/mol. The first kappa shape index (κ1) is 37.7. The number of carbonyl (C=O) groups is 3. The van der Waals surface area contributed by atoms with Crippen LogP contribution in [0.15, 0.2) is 95.4 Å². The van der Waals surface area contributed by atoms with Gasteiger partial charge in [0.05, 0.1) is 30.2 Å². The number of sulfonamides is 1. The summed E-state index contributed by atoms with van der Waals surface area (Å²) in [4.78, 5) is 37.6. The average Bonchev–Trinajstić information content (AvgIpc) is 3.75. The number of aliphatic hydroxyl groups is 1. The van der Waals surface area contributed by atoms with E-state index in [0.29, 0.717) is 53.7 Å². The normalized spacial score (nSPS) is 14.0. The van der Waals surface area contributed by atoms with Crippen LogP contribution in [-0.4, -0.2) is 82.4 Å². The van der Waals surface area contributed by atoms with E-state index in [0.717, 1.165) is 16.1 Å². The molecule has 1 fully saturated rings. The monoisotopic (exact) mass is 733 g/mol. The number of carbonyl (C=O) groups excluding carboxylic acids is 3. The van der Waals surface area contributed by atoms with Crippen LogP contribution in [0.25, 0.3) is 33.4 Å². The van der Waals surface area contributed by atoms with Crippen molar-refractivity contribution in [1.29, 1.82) is 0 Å².